The molecule has 1 aliphatic heterocycles. The molecule has 25 heavy (non-hydrogen) atoms. The van der Waals surface area contributed by atoms with E-state index in [1.54, 1.807) is 24.3 Å². The van der Waals surface area contributed by atoms with E-state index in [0.29, 0.717) is 16.9 Å². The summed E-state index contributed by atoms with van der Waals surface area (Å²) in [4.78, 5) is 36.9. The number of carbonyl (C=O) groups is 3. The first kappa shape index (κ1) is 16.7. The molecule has 3 N–H and O–H groups in total. The molecule has 0 aliphatic carbocycles. The fourth-order valence-electron chi connectivity index (χ4n) is 2.90. The maximum atomic E-state index is 12.3. The molecule has 128 valence electrons. The van der Waals surface area contributed by atoms with Crippen LogP contribution in [0.5, 0.6) is 0 Å². The van der Waals surface area contributed by atoms with Crippen molar-refractivity contribution in [2.45, 2.75) is 26.3 Å². The van der Waals surface area contributed by atoms with Crippen LogP contribution in [0.3, 0.4) is 0 Å². The SMILES string of the molecule is Cc1cc(C)cc(NC(=O)CC2NC(=O)c3ccccc3NC2=O)c1. The van der Waals surface area contributed by atoms with Gasteiger partial charge >= 0.3 is 0 Å². The van der Waals surface area contributed by atoms with Gasteiger partial charge in [-0.3, -0.25) is 14.4 Å². The van der Waals surface area contributed by atoms with Crippen LogP contribution >= 0.6 is 0 Å². The first-order chi connectivity index (χ1) is 11.9. The number of rotatable bonds is 3. The zero-order valence-electron chi connectivity index (χ0n) is 14.1. The third-order valence-corrected chi connectivity index (χ3v) is 3.95. The number of anilines is 2. The van der Waals surface area contributed by atoms with Crippen molar-refractivity contribution in [3.05, 3.63) is 59.2 Å². The molecule has 3 rings (SSSR count). The van der Waals surface area contributed by atoms with Crippen molar-refractivity contribution in [1.82, 2.24) is 5.32 Å². The van der Waals surface area contributed by atoms with Crippen LogP contribution in [0.25, 0.3) is 0 Å². The molecule has 0 radical (unpaired) electrons. The Hall–Kier alpha value is -3.15. The lowest BCUT2D eigenvalue weighted by atomic mass is 10.1. The van der Waals surface area contributed by atoms with E-state index in [-0.39, 0.29) is 18.2 Å². The van der Waals surface area contributed by atoms with Gasteiger partial charge in [0.15, 0.2) is 0 Å². The van der Waals surface area contributed by atoms with Crippen LogP contribution in [0.15, 0.2) is 42.5 Å². The second-order valence-corrected chi connectivity index (χ2v) is 6.19. The third kappa shape index (κ3) is 3.85. The topological polar surface area (TPSA) is 87.3 Å². The number of benzene rings is 2. The van der Waals surface area contributed by atoms with Gasteiger partial charge < -0.3 is 16.0 Å². The van der Waals surface area contributed by atoms with Gasteiger partial charge in [0.25, 0.3) is 5.91 Å². The lowest BCUT2D eigenvalue weighted by Crippen LogP contribution is -2.43. The summed E-state index contributed by atoms with van der Waals surface area (Å²) in [5, 5.41) is 8.08. The van der Waals surface area contributed by atoms with Crippen LogP contribution in [-0.4, -0.2) is 23.8 Å². The molecule has 1 aliphatic rings. The van der Waals surface area contributed by atoms with Crippen molar-refractivity contribution in [2.24, 2.45) is 0 Å². The molecule has 0 spiro atoms. The van der Waals surface area contributed by atoms with Crippen LogP contribution in [0.1, 0.15) is 27.9 Å². The molecule has 1 heterocycles. The minimum Gasteiger partial charge on any atom is -0.340 e. The van der Waals surface area contributed by atoms with E-state index >= 15 is 0 Å². The number of fused-ring (bicyclic) bond motifs is 1. The van der Waals surface area contributed by atoms with Gasteiger partial charge in [-0.2, -0.15) is 0 Å². The van der Waals surface area contributed by atoms with E-state index in [1.807, 2.05) is 32.0 Å². The minimum atomic E-state index is -0.925. The van der Waals surface area contributed by atoms with Gasteiger partial charge in [-0.1, -0.05) is 18.2 Å². The van der Waals surface area contributed by atoms with E-state index in [9.17, 15) is 14.4 Å². The monoisotopic (exact) mass is 337 g/mol. The fraction of sp³-hybridized carbons (Fsp3) is 0.211. The summed E-state index contributed by atoms with van der Waals surface area (Å²) in [6.45, 7) is 3.89. The summed E-state index contributed by atoms with van der Waals surface area (Å²) in [5.74, 6) is -1.12. The lowest BCUT2D eigenvalue weighted by molar-refractivity contribution is -0.122. The molecular weight excluding hydrogens is 318 g/mol. The summed E-state index contributed by atoms with van der Waals surface area (Å²) in [7, 11) is 0. The molecule has 0 saturated carbocycles. The highest BCUT2D eigenvalue weighted by Crippen LogP contribution is 2.19. The highest BCUT2D eigenvalue weighted by molar-refractivity contribution is 6.11. The number of aryl methyl sites for hydroxylation is 2. The van der Waals surface area contributed by atoms with Crippen molar-refractivity contribution >= 4 is 29.1 Å². The Morgan fingerprint density at radius 3 is 2.48 bits per heavy atom. The Morgan fingerprint density at radius 1 is 1.08 bits per heavy atom. The number of amides is 3. The standard InChI is InChI=1S/C19H19N3O3/c1-11-7-12(2)9-13(8-11)20-17(23)10-16-19(25)21-15-6-4-3-5-14(15)18(24)22-16/h3-9,16H,10H2,1-2H3,(H,20,23)(H,21,25)(H,22,24). The number of para-hydroxylation sites is 1. The Balaban J connectivity index is 1.71. The zero-order chi connectivity index (χ0) is 18.0. The van der Waals surface area contributed by atoms with Crippen molar-refractivity contribution in [3.8, 4) is 0 Å². The highest BCUT2D eigenvalue weighted by atomic mass is 16.2. The molecule has 1 unspecified atom stereocenters. The summed E-state index contributed by atoms with van der Waals surface area (Å²) in [5.41, 5.74) is 3.57. The predicted molar refractivity (Wildman–Crippen MR) is 95.5 cm³/mol. The molecule has 0 fully saturated rings. The van der Waals surface area contributed by atoms with Crippen LogP contribution in [0.4, 0.5) is 11.4 Å². The maximum absolute atomic E-state index is 12.3. The Morgan fingerprint density at radius 2 is 1.76 bits per heavy atom. The summed E-state index contributed by atoms with van der Waals surface area (Å²) >= 11 is 0. The average Bonchev–Trinajstić information content (AvgIpc) is 2.64. The number of hydrogen-bond acceptors (Lipinski definition) is 3. The van der Waals surface area contributed by atoms with Crippen LogP contribution in [0, 0.1) is 13.8 Å². The van der Waals surface area contributed by atoms with E-state index in [4.69, 9.17) is 0 Å². The van der Waals surface area contributed by atoms with Gasteiger partial charge in [-0.05, 0) is 49.2 Å². The molecule has 1 atom stereocenters. The van der Waals surface area contributed by atoms with E-state index in [2.05, 4.69) is 16.0 Å². The number of hydrogen-bond donors (Lipinski definition) is 3. The van der Waals surface area contributed by atoms with Gasteiger partial charge in [0.1, 0.15) is 6.04 Å². The maximum Gasteiger partial charge on any atom is 0.254 e. The van der Waals surface area contributed by atoms with Crippen LogP contribution in [-0.2, 0) is 9.59 Å². The van der Waals surface area contributed by atoms with Crippen LogP contribution < -0.4 is 16.0 Å². The summed E-state index contributed by atoms with van der Waals surface area (Å²) < 4.78 is 0. The van der Waals surface area contributed by atoms with Crippen molar-refractivity contribution in [3.63, 3.8) is 0 Å². The number of carbonyl (C=O) groups excluding carboxylic acids is 3. The highest BCUT2D eigenvalue weighted by Gasteiger charge is 2.29. The molecule has 0 saturated heterocycles. The first-order valence-corrected chi connectivity index (χ1v) is 8.01. The quantitative estimate of drug-likeness (QED) is 0.803. The van der Waals surface area contributed by atoms with Gasteiger partial charge in [0.05, 0.1) is 17.7 Å². The smallest absolute Gasteiger partial charge is 0.254 e. The molecule has 2 aromatic rings. The van der Waals surface area contributed by atoms with E-state index < -0.39 is 11.9 Å². The minimum absolute atomic E-state index is 0.140. The normalized spacial score (nSPS) is 16.3. The molecule has 0 bridgehead atoms. The average molecular weight is 337 g/mol. The van der Waals surface area contributed by atoms with Gasteiger partial charge in [0, 0.05) is 5.69 Å². The second-order valence-electron chi connectivity index (χ2n) is 6.19. The second kappa shape index (κ2) is 6.76. The Kier molecular flexibility index (Phi) is 4.52. The Labute approximate surface area is 145 Å². The van der Waals surface area contributed by atoms with Crippen molar-refractivity contribution < 1.29 is 14.4 Å². The molecule has 2 aromatic carbocycles. The summed E-state index contributed by atoms with van der Waals surface area (Å²) in [6.07, 6.45) is -0.140. The zero-order valence-corrected chi connectivity index (χ0v) is 14.1. The van der Waals surface area contributed by atoms with Crippen molar-refractivity contribution in [1.29, 1.82) is 0 Å². The molecule has 3 amide bonds. The van der Waals surface area contributed by atoms with E-state index in [0.717, 1.165) is 11.1 Å². The lowest BCUT2D eigenvalue weighted by Gasteiger charge is -2.15. The predicted octanol–water partition coefficient (Wildman–Crippen LogP) is 2.38. The van der Waals surface area contributed by atoms with Crippen molar-refractivity contribution in [2.75, 3.05) is 10.6 Å². The van der Waals surface area contributed by atoms with Gasteiger partial charge in [-0.15, -0.1) is 0 Å². The Bertz CT molecular complexity index is 840. The van der Waals surface area contributed by atoms with Gasteiger partial charge in [-0.25, -0.2) is 0 Å². The molecule has 0 aromatic heterocycles. The molecule has 6 heteroatoms. The fourth-order valence-corrected chi connectivity index (χ4v) is 2.90. The number of nitrogens with one attached hydrogen (secondary N) is 3. The molecule has 6 nitrogen and oxygen atoms in total. The van der Waals surface area contributed by atoms with E-state index in [1.165, 1.54) is 0 Å². The van der Waals surface area contributed by atoms with Crippen LogP contribution in [0.2, 0.25) is 0 Å². The third-order valence-electron chi connectivity index (χ3n) is 3.95. The largest absolute Gasteiger partial charge is 0.340 e. The summed E-state index contributed by atoms with van der Waals surface area (Å²) in [6, 6.07) is 11.5. The first-order valence-electron chi connectivity index (χ1n) is 8.01. The molecular formula is C19H19N3O3. The van der Waals surface area contributed by atoms with Gasteiger partial charge in [0.2, 0.25) is 11.8 Å².